The first-order valence-electron chi connectivity index (χ1n) is 12.2. The highest BCUT2D eigenvalue weighted by atomic mass is 16.6. The van der Waals surface area contributed by atoms with Crippen LogP contribution < -0.4 is 0 Å². The predicted molar refractivity (Wildman–Crippen MR) is 135 cm³/mol. The van der Waals surface area contributed by atoms with Gasteiger partial charge in [-0.1, -0.05) is 54.6 Å². The van der Waals surface area contributed by atoms with Crippen LogP contribution in [0.4, 0.5) is 0 Å². The van der Waals surface area contributed by atoms with Crippen LogP contribution in [0.3, 0.4) is 0 Å². The minimum Gasteiger partial charge on any atom is -0.452 e. The number of esters is 3. The van der Waals surface area contributed by atoms with E-state index in [4.69, 9.17) is 23.4 Å². The molecule has 4 atom stereocenters. The van der Waals surface area contributed by atoms with Crippen LogP contribution in [0.2, 0.25) is 0 Å². The van der Waals surface area contributed by atoms with Gasteiger partial charge in [0.25, 0.3) is 0 Å². The average molecular weight is 529 g/mol. The molecule has 1 aliphatic rings. The van der Waals surface area contributed by atoms with Gasteiger partial charge in [-0.15, -0.1) is 10.2 Å². The van der Waals surface area contributed by atoms with Crippen molar-refractivity contribution in [2.24, 2.45) is 0 Å². The Bertz CT molecular complexity index is 1430. The van der Waals surface area contributed by atoms with E-state index in [-0.39, 0.29) is 35.1 Å². The largest absolute Gasteiger partial charge is 0.452 e. The van der Waals surface area contributed by atoms with Gasteiger partial charge in [0.1, 0.15) is 0 Å². The summed E-state index contributed by atoms with van der Waals surface area (Å²) in [5, 5.41) is 7.87. The van der Waals surface area contributed by atoms with Crippen molar-refractivity contribution < 1.29 is 37.7 Å². The van der Waals surface area contributed by atoms with Crippen molar-refractivity contribution in [1.82, 2.24) is 10.2 Å². The maximum Gasteiger partial charge on any atom is 0.338 e. The molecule has 1 aromatic heterocycles. The van der Waals surface area contributed by atoms with Crippen molar-refractivity contribution in [3.63, 3.8) is 0 Å². The van der Waals surface area contributed by atoms with Gasteiger partial charge in [-0.3, -0.25) is 0 Å². The summed E-state index contributed by atoms with van der Waals surface area (Å²) in [5.74, 6) is -1.79. The van der Waals surface area contributed by atoms with Crippen molar-refractivity contribution >= 4 is 17.9 Å². The molecule has 0 unspecified atom stereocenters. The van der Waals surface area contributed by atoms with Gasteiger partial charge in [0, 0.05) is 6.92 Å². The van der Waals surface area contributed by atoms with Gasteiger partial charge >= 0.3 is 17.9 Å². The van der Waals surface area contributed by atoms with Crippen LogP contribution in [-0.2, 0) is 18.9 Å². The molecule has 10 heteroatoms. The van der Waals surface area contributed by atoms with E-state index in [2.05, 4.69) is 10.2 Å². The number of rotatable bonds is 7. The number of aromatic nitrogens is 2. The van der Waals surface area contributed by atoms with Crippen molar-refractivity contribution in [2.75, 3.05) is 6.61 Å². The van der Waals surface area contributed by atoms with Gasteiger partial charge in [-0.25, -0.2) is 14.4 Å². The Morgan fingerprint density at radius 1 is 0.667 bits per heavy atom. The second-order valence-electron chi connectivity index (χ2n) is 8.69. The Morgan fingerprint density at radius 2 is 1.13 bits per heavy atom. The molecule has 0 bridgehead atoms. The molecule has 2 heterocycles. The maximum atomic E-state index is 13.2. The van der Waals surface area contributed by atoms with Crippen LogP contribution in [0.15, 0.2) is 95.4 Å². The van der Waals surface area contributed by atoms with Crippen LogP contribution in [0.25, 0.3) is 0 Å². The zero-order valence-corrected chi connectivity index (χ0v) is 20.8. The first-order valence-corrected chi connectivity index (χ1v) is 12.2. The zero-order chi connectivity index (χ0) is 27.2. The van der Waals surface area contributed by atoms with Gasteiger partial charge in [-0.05, 0) is 36.4 Å². The topological polar surface area (TPSA) is 127 Å². The van der Waals surface area contributed by atoms with E-state index in [1.807, 2.05) is 0 Å². The third-order valence-electron chi connectivity index (χ3n) is 5.99. The first-order chi connectivity index (χ1) is 19.0. The van der Waals surface area contributed by atoms with Crippen molar-refractivity contribution in [3.8, 4) is 0 Å². The predicted octanol–water partition coefficient (Wildman–Crippen LogP) is 4.13. The van der Waals surface area contributed by atoms with Gasteiger partial charge in [0.05, 0.1) is 23.3 Å². The molecule has 0 N–H and O–H groups in total. The third kappa shape index (κ3) is 6.02. The van der Waals surface area contributed by atoms with Gasteiger partial charge in [0.2, 0.25) is 11.8 Å². The molecule has 1 aliphatic heterocycles. The summed E-state index contributed by atoms with van der Waals surface area (Å²) in [7, 11) is 0. The molecule has 4 aromatic rings. The molecular formula is C29H24N2O8. The molecule has 0 saturated carbocycles. The maximum absolute atomic E-state index is 13.2. The highest BCUT2D eigenvalue weighted by Gasteiger charge is 2.50. The van der Waals surface area contributed by atoms with E-state index in [0.29, 0.717) is 0 Å². The summed E-state index contributed by atoms with van der Waals surface area (Å²) in [5.41, 5.74) is 0.808. The minimum absolute atomic E-state index is 0.0203. The number of ether oxygens (including phenoxy) is 4. The summed E-state index contributed by atoms with van der Waals surface area (Å²) in [6, 6.07) is 24.9. The number of hydrogen-bond acceptors (Lipinski definition) is 10. The van der Waals surface area contributed by atoms with Crippen LogP contribution in [0.5, 0.6) is 0 Å². The lowest BCUT2D eigenvalue weighted by molar-refractivity contribution is -0.197. The smallest absolute Gasteiger partial charge is 0.338 e. The number of aryl methyl sites for hydroxylation is 1. The normalized spacial score (nSPS) is 20.5. The molecule has 0 aliphatic carbocycles. The lowest BCUT2D eigenvalue weighted by atomic mass is 9.98. The lowest BCUT2D eigenvalue weighted by Gasteiger charge is -2.39. The van der Waals surface area contributed by atoms with Crippen molar-refractivity contribution in [1.29, 1.82) is 0 Å². The monoisotopic (exact) mass is 528 g/mol. The lowest BCUT2D eigenvalue weighted by Crippen LogP contribution is -2.54. The molecule has 5 rings (SSSR count). The van der Waals surface area contributed by atoms with E-state index >= 15 is 0 Å². The van der Waals surface area contributed by atoms with Gasteiger partial charge in [-0.2, -0.15) is 0 Å². The average Bonchev–Trinajstić information content (AvgIpc) is 3.41. The summed E-state index contributed by atoms with van der Waals surface area (Å²) in [6.07, 6.45) is -4.80. The summed E-state index contributed by atoms with van der Waals surface area (Å²) in [6.45, 7) is 1.40. The van der Waals surface area contributed by atoms with Crippen LogP contribution >= 0.6 is 0 Å². The van der Waals surface area contributed by atoms with E-state index in [0.717, 1.165) is 0 Å². The fourth-order valence-electron chi connectivity index (χ4n) is 4.10. The summed E-state index contributed by atoms with van der Waals surface area (Å²) >= 11 is 0. The minimum atomic E-state index is -1.30. The fourth-order valence-corrected chi connectivity index (χ4v) is 4.10. The first kappa shape index (κ1) is 25.8. The van der Waals surface area contributed by atoms with Gasteiger partial charge in [0.15, 0.2) is 24.4 Å². The second kappa shape index (κ2) is 11.7. The number of benzene rings is 3. The number of hydrogen-bond donors (Lipinski definition) is 0. The quantitative estimate of drug-likeness (QED) is 0.255. The molecule has 1 saturated heterocycles. The second-order valence-corrected chi connectivity index (χ2v) is 8.69. The third-order valence-corrected chi connectivity index (χ3v) is 5.99. The molecule has 10 nitrogen and oxygen atoms in total. The number of carbonyl (C=O) groups excluding carboxylic acids is 3. The van der Waals surface area contributed by atoms with Crippen molar-refractivity contribution in [3.05, 3.63) is 119 Å². The highest BCUT2D eigenvalue weighted by molar-refractivity contribution is 5.91. The zero-order valence-electron chi connectivity index (χ0n) is 20.8. The van der Waals surface area contributed by atoms with E-state index in [1.54, 1.807) is 97.9 Å². The van der Waals surface area contributed by atoms with Crippen LogP contribution in [0, 0.1) is 6.92 Å². The van der Waals surface area contributed by atoms with E-state index in [1.165, 1.54) is 0 Å². The highest BCUT2D eigenvalue weighted by Crippen LogP contribution is 2.34. The van der Waals surface area contributed by atoms with E-state index in [9.17, 15) is 14.4 Å². The van der Waals surface area contributed by atoms with E-state index < -0.39 is 42.3 Å². The fraction of sp³-hybridized carbons (Fsp3) is 0.207. The molecule has 1 fully saturated rings. The molecule has 39 heavy (non-hydrogen) atoms. The molecule has 0 radical (unpaired) electrons. The Morgan fingerprint density at radius 3 is 1.59 bits per heavy atom. The van der Waals surface area contributed by atoms with Crippen molar-refractivity contribution in [2.45, 2.75) is 31.3 Å². The SMILES string of the molecule is Cc1nnc([C@@H]2OC[C@H](OC(=O)c3ccccc3)[C@@H](OC(=O)c3ccccc3)[C@@H]2OC(=O)c2ccccc2)o1. The Balaban J connectivity index is 1.50. The molecule has 0 amide bonds. The molecule has 198 valence electrons. The van der Waals surface area contributed by atoms with Gasteiger partial charge < -0.3 is 23.4 Å². The molecule has 3 aromatic carbocycles. The Hall–Kier alpha value is -4.83. The Kier molecular flexibility index (Phi) is 7.74. The van der Waals surface area contributed by atoms with Crippen LogP contribution in [-0.4, -0.2) is 53.0 Å². The molecule has 0 spiro atoms. The number of nitrogens with zero attached hydrogens (tertiary/aromatic N) is 2. The molecular weight excluding hydrogens is 504 g/mol. The number of carbonyl (C=O) groups is 3. The van der Waals surface area contributed by atoms with Crippen LogP contribution in [0.1, 0.15) is 49.0 Å². The summed E-state index contributed by atoms with van der Waals surface area (Å²) < 4.78 is 29.0. The standard InChI is InChI=1S/C29H24N2O8/c1-18-30-31-26(36-18)25-24(39-29(34)21-15-9-4-10-16-21)23(38-28(33)20-13-7-3-8-14-20)22(17-35-25)37-27(32)19-11-5-2-6-12-19/h2-16,22-25H,17H2,1H3/t22-,23+,24-,25+/m0/s1. The summed E-state index contributed by atoms with van der Waals surface area (Å²) in [4.78, 5) is 39.3. The Labute approximate surface area is 223 Å².